The number of alkyl halides is 1. The number of carbonyl (C=O) groups excluding carboxylic acids is 2. The number of nitrogens with two attached hydrogens (primary N) is 1. The molecule has 0 aliphatic carbocycles. The lowest BCUT2D eigenvalue weighted by molar-refractivity contribution is -0.262. The van der Waals surface area contributed by atoms with Crippen LogP contribution in [0.4, 0.5) is 10.2 Å². The quantitative estimate of drug-likeness (QED) is 0.0512. The average molecular weight is 887 g/mol. The van der Waals surface area contributed by atoms with Crippen molar-refractivity contribution in [3.63, 3.8) is 0 Å². The Morgan fingerprint density at radius 1 is 0.983 bits per heavy atom. The number of aliphatic hydroxyl groups excluding tert-OH is 2. The lowest BCUT2D eigenvalue weighted by atomic mass is 9.82. The van der Waals surface area contributed by atoms with E-state index in [4.69, 9.17) is 54.4 Å². The second-order valence-electron chi connectivity index (χ2n) is 14.7. The molecule has 4 heterocycles. The molecule has 2 aliphatic heterocycles. The molecule has 2 aromatic rings. The normalized spacial score (nSPS) is 28.8. The van der Waals surface area contributed by atoms with Crippen molar-refractivity contribution in [3.05, 3.63) is 12.0 Å². The summed E-state index contributed by atoms with van der Waals surface area (Å²) in [6.07, 6.45) is 1.02. The molecule has 2 aliphatic rings. The van der Waals surface area contributed by atoms with Crippen LogP contribution >= 0.6 is 14.5 Å². The van der Waals surface area contributed by atoms with Gasteiger partial charge in [-0.05, 0) is 24.1 Å². The molecule has 2 fully saturated rings. The average Bonchev–Trinajstić information content (AvgIpc) is 3.71. The predicted octanol–water partition coefficient (Wildman–Crippen LogP) is 5.24. The number of anilines is 1. The number of halogens is 1. The van der Waals surface area contributed by atoms with Crippen molar-refractivity contribution in [3.8, 4) is 0 Å². The number of aromatic nitrogens is 3. The van der Waals surface area contributed by atoms with Crippen molar-refractivity contribution < 1.29 is 75.4 Å². The summed E-state index contributed by atoms with van der Waals surface area (Å²) in [5.41, 5.74) is 5.87. The van der Waals surface area contributed by atoms with Gasteiger partial charge in [0.25, 0.3) is 0 Å². The smallest absolute Gasteiger partial charge is 0.462 e. The number of nitrogens with zero attached hydrogens (tertiary/aromatic N) is 3. The third-order valence-electron chi connectivity index (χ3n) is 10.3. The molecule has 19 nitrogen and oxygen atoms in total. The van der Waals surface area contributed by atoms with Crippen molar-refractivity contribution in [1.82, 2.24) is 15.1 Å². The second-order valence-corrected chi connectivity index (χ2v) is 19.1. The van der Waals surface area contributed by atoms with Gasteiger partial charge in [0.05, 0.1) is 12.7 Å². The minimum Gasteiger partial charge on any atom is -0.462 e. The number of ether oxygens (including phenoxy) is 4. The minimum atomic E-state index is -5.46. The van der Waals surface area contributed by atoms with Crippen molar-refractivity contribution in [1.29, 1.82) is 0 Å². The third kappa shape index (κ3) is 13.9. The molecule has 4 rings (SSSR count). The molecule has 58 heavy (non-hydrogen) atoms. The second kappa shape index (κ2) is 22.5. The number of phosphoric acid groups is 1. The number of hydrogen-bond acceptors (Lipinski definition) is 18. The number of phosphoric ester groups is 1. The number of hydrogen-bond donors (Lipinski definition) is 5. The van der Waals surface area contributed by atoms with E-state index in [1.165, 1.54) is 38.5 Å². The van der Waals surface area contributed by atoms with E-state index in [-0.39, 0.29) is 29.0 Å². The van der Waals surface area contributed by atoms with Crippen LogP contribution in [0.25, 0.3) is 11.1 Å². The standard InChI is InChI=1S/C35H57FN4O15P2S/c1-5-6-7-8-9-10-11-12-13-14-15-16-25(42)48-17-23(36)30-20(2)21(3)31(50-22(4)41)35(52-30)54-56(45,46)55-57(47,58)49-18-24-28(43)29(44)32(51-24)27-26-33(53-40-27)34(37)39-19-38-26/h19-21,23-24,28-32,35,43-44H,5-18H2,1-4H3,(H,45,46)(H,47,58)(H2,37,38,39)/t20-,21?,23-,24+,28-,29?,30?,31+,32-,35-,57?/m0/s1. The minimum absolute atomic E-state index is 0.0176. The third-order valence-corrected chi connectivity index (χ3v) is 13.8. The van der Waals surface area contributed by atoms with Crippen LogP contribution in [0.3, 0.4) is 0 Å². The molecule has 0 amide bonds. The zero-order valence-corrected chi connectivity index (χ0v) is 35.7. The van der Waals surface area contributed by atoms with E-state index >= 15 is 4.39 Å². The SMILES string of the molecule is CCCCCCCCCCCCCC(=O)OC[C@H](F)C1O[C@@H](OP(=O)(O)OP(O)(=S)OC[C@H]2O[C@@H](c3noc4c(N)ncnc34)C(O)[C@H]2O)[C@H](OC(C)=O)C(C)[C@@H]1C. The molecule has 330 valence electrons. The van der Waals surface area contributed by atoms with Gasteiger partial charge in [-0.2, -0.15) is 0 Å². The first-order valence-corrected chi connectivity index (χ1v) is 23.7. The lowest BCUT2D eigenvalue weighted by Gasteiger charge is -2.44. The van der Waals surface area contributed by atoms with Gasteiger partial charge < -0.3 is 53.7 Å². The Morgan fingerprint density at radius 3 is 2.26 bits per heavy atom. The van der Waals surface area contributed by atoms with E-state index in [0.29, 0.717) is 6.42 Å². The Hall–Kier alpha value is -2.26. The summed E-state index contributed by atoms with van der Waals surface area (Å²) in [4.78, 5) is 53.6. The summed E-state index contributed by atoms with van der Waals surface area (Å²) in [6.45, 7) is 0.332. The lowest BCUT2D eigenvalue weighted by Crippen LogP contribution is -2.55. The summed E-state index contributed by atoms with van der Waals surface area (Å²) in [5, 5.41) is 25.1. The molecular weight excluding hydrogens is 829 g/mol. The molecule has 0 aromatic carbocycles. The summed E-state index contributed by atoms with van der Waals surface area (Å²) in [5.74, 6) is -2.81. The first-order valence-electron chi connectivity index (χ1n) is 19.6. The van der Waals surface area contributed by atoms with Gasteiger partial charge in [-0.15, -0.1) is 0 Å². The number of nitrogen functional groups attached to an aromatic ring is 1. The van der Waals surface area contributed by atoms with Gasteiger partial charge >= 0.3 is 26.5 Å². The Kier molecular flexibility index (Phi) is 18.8. The molecule has 6 N–H and O–H groups in total. The van der Waals surface area contributed by atoms with Crippen LogP contribution in [0.15, 0.2) is 10.9 Å². The number of carbonyl (C=O) groups is 2. The largest absolute Gasteiger partial charge is 0.481 e. The van der Waals surface area contributed by atoms with E-state index in [1.807, 2.05) is 0 Å². The predicted molar refractivity (Wildman–Crippen MR) is 208 cm³/mol. The Balaban J connectivity index is 1.27. The number of unbranched alkanes of at least 4 members (excludes halogenated alkanes) is 10. The van der Waals surface area contributed by atoms with Gasteiger partial charge in [0, 0.05) is 19.3 Å². The van der Waals surface area contributed by atoms with Gasteiger partial charge in [0.2, 0.25) is 11.9 Å². The molecule has 5 unspecified atom stereocenters. The van der Waals surface area contributed by atoms with Crippen molar-refractivity contribution >= 4 is 55.2 Å². The van der Waals surface area contributed by atoms with E-state index in [0.717, 1.165) is 38.9 Å². The summed E-state index contributed by atoms with van der Waals surface area (Å²) >= 11 is 4.91. The van der Waals surface area contributed by atoms with E-state index in [9.17, 15) is 34.2 Å². The zero-order valence-electron chi connectivity index (χ0n) is 33.1. The van der Waals surface area contributed by atoms with Crippen LogP contribution in [0.2, 0.25) is 0 Å². The highest BCUT2D eigenvalue weighted by atomic mass is 32.5. The van der Waals surface area contributed by atoms with Crippen LogP contribution in [0, 0.1) is 11.8 Å². The molecule has 2 aromatic heterocycles. The number of esters is 2. The van der Waals surface area contributed by atoms with Crippen LogP contribution in [-0.4, -0.2) is 103 Å². The molecule has 12 atom stereocenters. The van der Waals surface area contributed by atoms with Crippen LogP contribution in [0.1, 0.15) is 117 Å². The topological polar surface area (TPSA) is 275 Å². The first kappa shape index (κ1) is 48.4. The maximum atomic E-state index is 15.6. The zero-order chi connectivity index (χ0) is 42.6. The van der Waals surface area contributed by atoms with Crippen molar-refractivity contribution in [2.75, 3.05) is 18.9 Å². The maximum absolute atomic E-state index is 15.6. The fourth-order valence-electron chi connectivity index (χ4n) is 6.90. The van der Waals surface area contributed by atoms with Crippen molar-refractivity contribution in [2.45, 2.75) is 154 Å². The molecule has 23 heteroatoms. The molecule has 0 saturated carbocycles. The number of fused-ring (bicyclic) bond motifs is 1. The molecular formula is C35H57FN4O15P2S. The highest BCUT2D eigenvalue weighted by Gasteiger charge is 2.51. The summed E-state index contributed by atoms with van der Waals surface area (Å²) in [6, 6.07) is 0. The number of rotatable bonds is 24. The van der Waals surface area contributed by atoms with Gasteiger partial charge in [-0.25, -0.2) is 23.2 Å². The van der Waals surface area contributed by atoms with Crippen molar-refractivity contribution in [2.24, 2.45) is 11.8 Å². The van der Waals surface area contributed by atoms with E-state index in [2.05, 4.69) is 22.0 Å². The van der Waals surface area contributed by atoms with Crippen LogP contribution in [0.5, 0.6) is 0 Å². The molecule has 0 radical (unpaired) electrons. The Labute approximate surface area is 341 Å². The van der Waals surface area contributed by atoms with Gasteiger partial charge in [0.1, 0.15) is 48.6 Å². The number of aliphatic hydroxyl groups is 2. The Morgan fingerprint density at radius 2 is 1.62 bits per heavy atom. The fraction of sp³-hybridized carbons (Fsp3) is 0.800. The first-order chi connectivity index (χ1) is 27.4. The maximum Gasteiger partial charge on any atom is 0.481 e. The summed E-state index contributed by atoms with van der Waals surface area (Å²) < 4.78 is 71.1. The monoisotopic (exact) mass is 886 g/mol. The van der Waals surface area contributed by atoms with E-state index < -0.39 is 101 Å². The fourth-order valence-corrected chi connectivity index (χ4v) is 9.99. The summed E-state index contributed by atoms with van der Waals surface area (Å²) in [7, 11) is -5.46. The Bertz CT molecular complexity index is 1730. The van der Waals surface area contributed by atoms with Gasteiger partial charge in [0.15, 0.2) is 18.1 Å². The molecule has 0 bridgehead atoms. The van der Waals surface area contributed by atoms with E-state index in [1.54, 1.807) is 13.8 Å². The molecule has 0 spiro atoms. The van der Waals surface area contributed by atoms with Crippen LogP contribution < -0.4 is 5.73 Å². The van der Waals surface area contributed by atoms with Crippen LogP contribution in [-0.2, 0) is 58.3 Å². The highest BCUT2D eigenvalue weighted by molar-refractivity contribution is 8.08. The molecule has 2 saturated heterocycles. The van der Waals surface area contributed by atoms with Gasteiger partial charge in [-0.1, -0.05) is 90.1 Å². The highest BCUT2D eigenvalue weighted by Crippen LogP contribution is 2.62. The van der Waals surface area contributed by atoms with Gasteiger partial charge in [-0.3, -0.25) is 14.1 Å².